The second-order valence-corrected chi connectivity index (χ2v) is 9.55. The molecule has 2 aromatic carbocycles. The van der Waals surface area contributed by atoms with Crippen molar-refractivity contribution in [2.45, 2.75) is 4.90 Å². The van der Waals surface area contributed by atoms with Crippen molar-refractivity contribution in [3.63, 3.8) is 0 Å². The third-order valence-electron chi connectivity index (χ3n) is 3.97. The quantitative estimate of drug-likeness (QED) is 0.258. The molecule has 0 fully saturated rings. The highest BCUT2D eigenvalue weighted by Crippen LogP contribution is 2.23. The third-order valence-corrected chi connectivity index (χ3v) is 6.70. The van der Waals surface area contributed by atoms with E-state index in [1.807, 2.05) is 0 Å². The van der Waals surface area contributed by atoms with Crippen molar-refractivity contribution in [3.8, 4) is 0 Å². The third kappa shape index (κ3) is 5.86. The second kappa shape index (κ2) is 10.1. The number of aromatic nitrogens is 1. The number of sulfonamides is 1. The molecule has 0 aliphatic carbocycles. The van der Waals surface area contributed by atoms with Crippen LogP contribution in [0.1, 0.15) is 10.4 Å². The molecule has 0 amide bonds. The molecule has 0 saturated heterocycles. The topological polar surface area (TPSA) is 114 Å². The summed E-state index contributed by atoms with van der Waals surface area (Å²) in [5.41, 5.74) is 0.332. The number of allylic oxidation sites excluding steroid dienone is 1. The number of methoxy groups -OCH3 is 1. The number of benzene rings is 2. The molecule has 0 atom stereocenters. The van der Waals surface area contributed by atoms with Gasteiger partial charge < -0.3 is 10.1 Å². The molecule has 32 heavy (non-hydrogen) atoms. The second-order valence-electron chi connectivity index (χ2n) is 6.13. The number of ether oxygens (including phenoxy) is 1. The van der Waals surface area contributed by atoms with Gasteiger partial charge in [0.15, 0.2) is 10.9 Å². The van der Waals surface area contributed by atoms with Crippen LogP contribution in [0.2, 0.25) is 10.0 Å². The van der Waals surface area contributed by atoms with E-state index in [4.69, 9.17) is 27.9 Å². The first-order valence-corrected chi connectivity index (χ1v) is 11.9. The van der Waals surface area contributed by atoms with Crippen LogP contribution in [0.5, 0.6) is 0 Å². The van der Waals surface area contributed by atoms with Crippen molar-refractivity contribution in [2.24, 2.45) is 0 Å². The summed E-state index contributed by atoms with van der Waals surface area (Å²) in [5.74, 6) is -1.35. The van der Waals surface area contributed by atoms with Crippen molar-refractivity contribution in [3.05, 3.63) is 81.4 Å². The van der Waals surface area contributed by atoms with Crippen molar-refractivity contribution >= 4 is 67.1 Å². The van der Waals surface area contributed by atoms with Crippen LogP contribution in [0.25, 0.3) is 0 Å². The molecular weight excluding hydrogens is 497 g/mol. The highest BCUT2D eigenvalue weighted by molar-refractivity contribution is 7.93. The number of halogens is 2. The van der Waals surface area contributed by atoms with Gasteiger partial charge in [-0.05, 0) is 42.5 Å². The Balaban J connectivity index is 1.82. The summed E-state index contributed by atoms with van der Waals surface area (Å²) >= 11 is 13.0. The van der Waals surface area contributed by atoms with Gasteiger partial charge >= 0.3 is 5.97 Å². The molecule has 166 valence electrons. The molecule has 0 unspecified atom stereocenters. The molecule has 8 nitrogen and oxygen atoms in total. The van der Waals surface area contributed by atoms with E-state index in [1.54, 1.807) is 5.38 Å². The lowest BCUT2D eigenvalue weighted by Gasteiger charge is -2.11. The lowest BCUT2D eigenvalue weighted by Crippen LogP contribution is -2.16. The number of esters is 1. The Hall–Kier alpha value is -2.92. The van der Waals surface area contributed by atoms with Gasteiger partial charge in [0, 0.05) is 33.9 Å². The maximum absolute atomic E-state index is 12.6. The van der Waals surface area contributed by atoms with Gasteiger partial charge in [0.2, 0.25) is 0 Å². The summed E-state index contributed by atoms with van der Waals surface area (Å²) in [6.07, 6.45) is 2.52. The lowest BCUT2D eigenvalue weighted by atomic mass is 10.1. The maximum atomic E-state index is 12.6. The van der Waals surface area contributed by atoms with Gasteiger partial charge in [-0.15, -0.1) is 11.3 Å². The standard InChI is InChI=1S/C20H15Cl2N3O5S2/c1-30-19(27)17(11-18(26)15-7-2-12(21)10-16(15)22)24-13-3-5-14(6-4-13)32(28,29)25-20-23-8-9-31-20/h2-11,24H,1H3,(H,23,25)/b17-11-. The molecule has 0 radical (unpaired) electrons. The lowest BCUT2D eigenvalue weighted by molar-refractivity contribution is -0.135. The predicted molar refractivity (Wildman–Crippen MR) is 124 cm³/mol. The predicted octanol–water partition coefficient (Wildman–Crippen LogP) is 4.60. The molecule has 1 heterocycles. The van der Waals surface area contributed by atoms with Crippen LogP contribution in [-0.4, -0.2) is 32.3 Å². The first-order valence-electron chi connectivity index (χ1n) is 8.78. The number of thiazole rings is 1. The number of nitrogens with one attached hydrogen (secondary N) is 2. The number of carbonyl (C=O) groups excluding carboxylic acids is 2. The van der Waals surface area contributed by atoms with Crippen molar-refractivity contribution in [2.75, 3.05) is 17.1 Å². The normalized spacial score (nSPS) is 11.7. The summed E-state index contributed by atoms with van der Waals surface area (Å²) in [6, 6.07) is 9.90. The van der Waals surface area contributed by atoms with Gasteiger partial charge in [0.1, 0.15) is 5.70 Å². The SMILES string of the molecule is COC(=O)/C(=C/C(=O)c1ccc(Cl)cc1Cl)Nc1ccc(S(=O)(=O)Nc2nccs2)cc1. The van der Waals surface area contributed by atoms with E-state index in [2.05, 4.69) is 15.0 Å². The Kier molecular flexibility index (Phi) is 7.52. The summed E-state index contributed by atoms with van der Waals surface area (Å²) in [7, 11) is -2.66. The van der Waals surface area contributed by atoms with E-state index in [9.17, 15) is 18.0 Å². The molecular formula is C20H15Cl2N3O5S2. The minimum absolute atomic E-state index is 0.00845. The number of rotatable bonds is 8. The van der Waals surface area contributed by atoms with Gasteiger partial charge in [-0.25, -0.2) is 18.2 Å². The fourth-order valence-corrected chi connectivity index (χ4v) is 4.77. The van der Waals surface area contributed by atoms with Crippen molar-refractivity contribution in [1.82, 2.24) is 4.98 Å². The molecule has 1 aromatic heterocycles. The molecule has 3 aromatic rings. The van der Waals surface area contributed by atoms with Gasteiger partial charge in [-0.2, -0.15) is 0 Å². The Morgan fingerprint density at radius 2 is 1.84 bits per heavy atom. The van der Waals surface area contributed by atoms with E-state index >= 15 is 0 Å². The van der Waals surface area contributed by atoms with Gasteiger partial charge in [0.25, 0.3) is 10.0 Å². The average Bonchev–Trinajstić information content (AvgIpc) is 3.25. The number of anilines is 2. The van der Waals surface area contributed by atoms with Crippen molar-refractivity contribution in [1.29, 1.82) is 0 Å². The maximum Gasteiger partial charge on any atom is 0.354 e. The Morgan fingerprint density at radius 1 is 1.12 bits per heavy atom. The zero-order chi connectivity index (χ0) is 23.3. The summed E-state index contributed by atoms with van der Waals surface area (Å²) < 4.78 is 31.9. The molecule has 0 spiro atoms. The summed E-state index contributed by atoms with van der Waals surface area (Å²) in [6.45, 7) is 0. The van der Waals surface area contributed by atoms with Crippen LogP contribution < -0.4 is 10.0 Å². The number of nitrogens with zero attached hydrogens (tertiary/aromatic N) is 1. The summed E-state index contributed by atoms with van der Waals surface area (Å²) in [5, 5.41) is 5.13. The van der Waals surface area contributed by atoms with E-state index in [1.165, 1.54) is 48.7 Å². The Labute approximate surface area is 197 Å². The number of hydrogen-bond acceptors (Lipinski definition) is 8. The van der Waals surface area contributed by atoms with Gasteiger partial charge in [-0.3, -0.25) is 9.52 Å². The van der Waals surface area contributed by atoms with Crippen LogP contribution in [0.3, 0.4) is 0 Å². The minimum atomic E-state index is -3.83. The van der Waals surface area contributed by atoms with Gasteiger partial charge in [0.05, 0.1) is 17.0 Å². The fraction of sp³-hybridized carbons (Fsp3) is 0.0500. The highest BCUT2D eigenvalue weighted by atomic mass is 35.5. The van der Waals surface area contributed by atoms with Crippen molar-refractivity contribution < 1.29 is 22.7 Å². The van der Waals surface area contributed by atoms with Crippen LogP contribution in [0, 0.1) is 0 Å². The molecule has 0 bridgehead atoms. The van der Waals surface area contributed by atoms with Crippen LogP contribution in [0.4, 0.5) is 10.8 Å². The Morgan fingerprint density at radius 3 is 2.44 bits per heavy atom. The number of ketones is 1. The zero-order valence-corrected chi connectivity index (χ0v) is 19.5. The monoisotopic (exact) mass is 511 g/mol. The molecule has 2 N–H and O–H groups in total. The Bertz CT molecular complexity index is 1280. The van der Waals surface area contributed by atoms with Gasteiger partial charge in [-0.1, -0.05) is 23.2 Å². The number of hydrogen-bond donors (Lipinski definition) is 2. The van der Waals surface area contributed by atoms with Crippen LogP contribution in [0.15, 0.2) is 70.7 Å². The molecule has 3 rings (SSSR count). The van der Waals surface area contributed by atoms with Crippen LogP contribution >= 0.6 is 34.5 Å². The first-order chi connectivity index (χ1) is 15.2. The molecule has 12 heteroatoms. The molecule has 0 aliphatic heterocycles. The largest absolute Gasteiger partial charge is 0.464 e. The van der Waals surface area contributed by atoms with E-state index in [0.29, 0.717) is 10.7 Å². The average molecular weight is 512 g/mol. The number of carbonyl (C=O) groups is 2. The zero-order valence-electron chi connectivity index (χ0n) is 16.3. The molecule has 0 saturated carbocycles. The van der Waals surface area contributed by atoms with E-state index in [-0.39, 0.29) is 26.3 Å². The fourth-order valence-electron chi connectivity index (χ4n) is 2.47. The minimum Gasteiger partial charge on any atom is -0.464 e. The first kappa shape index (κ1) is 23.7. The molecule has 0 aliphatic rings. The van der Waals surface area contributed by atoms with E-state index in [0.717, 1.165) is 24.5 Å². The van der Waals surface area contributed by atoms with Crippen LogP contribution in [-0.2, 0) is 19.6 Å². The highest BCUT2D eigenvalue weighted by Gasteiger charge is 2.18. The van der Waals surface area contributed by atoms with E-state index < -0.39 is 21.8 Å². The smallest absolute Gasteiger partial charge is 0.354 e. The summed E-state index contributed by atoms with van der Waals surface area (Å²) in [4.78, 5) is 28.6.